The van der Waals surface area contributed by atoms with Crippen LogP contribution in [0.3, 0.4) is 0 Å². The van der Waals surface area contributed by atoms with E-state index in [1.165, 1.54) is 0 Å². The molecule has 8 heteroatoms. The number of rotatable bonds is 7. The van der Waals surface area contributed by atoms with E-state index in [-0.39, 0.29) is 6.61 Å². The third-order valence-corrected chi connectivity index (χ3v) is 4.86. The zero-order valence-electron chi connectivity index (χ0n) is 18.1. The van der Waals surface area contributed by atoms with Crippen LogP contribution >= 0.6 is 0 Å². The van der Waals surface area contributed by atoms with Crippen molar-refractivity contribution in [1.82, 2.24) is 10.9 Å². The van der Waals surface area contributed by atoms with Crippen LogP contribution in [-0.2, 0) is 11.4 Å². The van der Waals surface area contributed by atoms with Gasteiger partial charge in [-0.05, 0) is 61.0 Å². The summed E-state index contributed by atoms with van der Waals surface area (Å²) in [5.41, 5.74) is 6.07. The highest BCUT2D eigenvalue weighted by Gasteiger charge is 2.27. The van der Waals surface area contributed by atoms with E-state index in [9.17, 15) is 9.59 Å². The van der Waals surface area contributed by atoms with Crippen LogP contribution in [0.2, 0.25) is 0 Å². The van der Waals surface area contributed by atoms with Crippen molar-refractivity contribution in [2.75, 3.05) is 13.2 Å². The number of carbonyl (C=O) groups excluding carboxylic acids is 2. The molecule has 33 heavy (non-hydrogen) atoms. The molecule has 3 aromatic rings. The molecule has 1 atom stereocenters. The first kappa shape index (κ1) is 22.0. The Bertz CT molecular complexity index is 1100. The Labute approximate surface area is 191 Å². The van der Waals surface area contributed by atoms with E-state index in [0.717, 1.165) is 17.1 Å². The second-order valence-electron chi connectivity index (χ2n) is 7.20. The minimum atomic E-state index is -0.859. The van der Waals surface area contributed by atoms with Gasteiger partial charge in [0.1, 0.15) is 24.7 Å². The Morgan fingerprint density at radius 3 is 2.24 bits per heavy atom. The van der Waals surface area contributed by atoms with Gasteiger partial charge in [-0.3, -0.25) is 20.4 Å². The predicted octanol–water partition coefficient (Wildman–Crippen LogP) is 3.27. The fraction of sp³-hybridized carbons (Fsp3) is 0.200. The minimum absolute atomic E-state index is 0.0573. The molecule has 0 spiro atoms. The van der Waals surface area contributed by atoms with Crippen LogP contribution in [-0.4, -0.2) is 31.1 Å². The van der Waals surface area contributed by atoms with Gasteiger partial charge < -0.3 is 18.9 Å². The fourth-order valence-electron chi connectivity index (χ4n) is 3.14. The summed E-state index contributed by atoms with van der Waals surface area (Å²) in [5, 5.41) is 0. The SMILES string of the molecule is CCOc1ccc(OCc2ccc(C(=O)NNC(=O)[C@@H]3COc4ccccc4O3)cc2)cc1. The van der Waals surface area contributed by atoms with Crippen molar-refractivity contribution in [1.29, 1.82) is 0 Å². The third kappa shape index (κ3) is 5.74. The summed E-state index contributed by atoms with van der Waals surface area (Å²) in [5.74, 6) is 1.63. The molecule has 1 heterocycles. The molecular weight excluding hydrogens is 424 g/mol. The van der Waals surface area contributed by atoms with Gasteiger partial charge >= 0.3 is 0 Å². The van der Waals surface area contributed by atoms with Crippen molar-refractivity contribution in [2.45, 2.75) is 19.6 Å². The molecule has 4 rings (SSSR count). The summed E-state index contributed by atoms with van der Waals surface area (Å²) >= 11 is 0. The van der Waals surface area contributed by atoms with Gasteiger partial charge in [0.05, 0.1) is 6.61 Å². The van der Waals surface area contributed by atoms with Gasteiger partial charge in [0.2, 0.25) is 6.10 Å². The molecule has 170 valence electrons. The summed E-state index contributed by atoms with van der Waals surface area (Å²) < 4.78 is 22.3. The van der Waals surface area contributed by atoms with E-state index in [0.29, 0.717) is 30.3 Å². The largest absolute Gasteiger partial charge is 0.494 e. The van der Waals surface area contributed by atoms with Crippen LogP contribution in [0.1, 0.15) is 22.8 Å². The van der Waals surface area contributed by atoms with Gasteiger partial charge in [-0.25, -0.2) is 0 Å². The molecule has 0 unspecified atom stereocenters. The van der Waals surface area contributed by atoms with Crippen LogP contribution in [0.15, 0.2) is 72.8 Å². The topological polar surface area (TPSA) is 95.1 Å². The Morgan fingerprint density at radius 2 is 1.55 bits per heavy atom. The van der Waals surface area contributed by atoms with E-state index in [1.54, 1.807) is 42.5 Å². The average molecular weight is 448 g/mol. The molecule has 2 amide bonds. The molecule has 8 nitrogen and oxygen atoms in total. The van der Waals surface area contributed by atoms with Gasteiger partial charge in [-0.15, -0.1) is 0 Å². The van der Waals surface area contributed by atoms with E-state index >= 15 is 0 Å². The highest BCUT2D eigenvalue weighted by Crippen LogP contribution is 2.30. The van der Waals surface area contributed by atoms with E-state index in [1.807, 2.05) is 37.3 Å². The van der Waals surface area contributed by atoms with Gasteiger partial charge in [0.25, 0.3) is 11.8 Å². The molecule has 3 aromatic carbocycles. The Hall–Kier alpha value is -4.20. The normalized spacial score (nSPS) is 14.2. The van der Waals surface area contributed by atoms with Crippen molar-refractivity contribution in [3.05, 3.63) is 83.9 Å². The lowest BCUT2D eigenvalue weighted by molar-refractivity contribution is -0.131. The van der Waals surface area contributed by atoms with Gasteiger partial charge in [-0.2, -0.15) is 0 Å². The molecule has 0 aromatic heterocycles. The summed E-state index contributed by atoms with van der Waals surface area (Å²) in [4.78, 5) is 24.7. The highest BCUT2D eigenvalue weighted by atomic mass is 16.6. The quantitative estimate of drug-likeness (QED) is 0.539. The molecule has 0 bridgehead atoms. The van der Waals surface area contributed by atoms with Crippen LogP contribution in [0.5, 0.6) is 23.0 Å². The molecule has 0 saturated carbocycles. The van der Waals surface area contributed by atoms with Crippen LogP contribution < -0.4 is 29.8 Å². The standard InChI is InChI=1S/C25H24N2O6/c1-2-30-19-11-13-20(14-12-19)31-15-17-7-9-18(10-8-17)24(28)26-27-25(29)23-16-32-21-5-3-4-6-22(21)33-23/h3-14,23H,2,15-16H2,1H3,(H,26,28)(H,27,29)/t23-/m0/s1. The number of hydrogen-bond acceptors (Lipinski definition) is 6. The van der Waals surface area contributed by atoms with Gasteiger partial charge in [-0.1, -0.05) is 24.3 Å². The Kier molecular flexibility index (Phi) is 6.94. The number of ether oxygens (including phenoxy) is 4. The predicted molar refractivity (Wildman–Crippen MR) is 120 cm³/mol. The van der Waals surface area contributed by atoms with Crippen molar-refractivity contribution >= 4 is 11.8 Å². The zero-order chi connectivity index (χ0) is 23.0. The summed E-state index contributed by atoms with van der Waals surface area (Å²) in [7, 11) is 0. The number of nitrogens with one attached hydrogen (secondary N) is 2. The van der Waals surface area contributed by atoms with E-state index < -0.39 is 17.9 Å². The molecule has 0 saturated heterocycles. The molecule has 0 radical (unpaired) electrons. The molecule has 0 fully saturated rings. The molecule has 2 N–H and O–H groups in total. The number of carbonyl (C=O) groups is 2. The van der Waals surface area contributed by atoms with Crippen molar-refractivity contribution in [3.63, 3.8) is 0 Å². The van der Waals surface area contributed by atoms with Crippen LogP contribution in [0.4, 0.5) is 0 Å². The number of amides is 2. The number of benzene rings is 3. The third-order valence-electron chi connectivity index (χ3n) is 4.86. The van der Waals surface area contributed by atoms with Crippen molar-refractivity contribution in [2.24, 2.45) is 0 Å². The lowest BCUT2D eigenvalue weighted by atomic mass is 10.1. The second-order valence-corrected chi connectivity index (χ2v) is 7.20. The number of hydrazine groups is 1. The minimum Gasteiger partial charge on any atom is -0.494 e. The van der Waals surface area contributed by atoms with Crippen LogP contribution in [0.25, 0.3) is 0 Å². The van der Waals surface area contributed by atoms with E-state index in [4.69, 9.17) is 18.9 Å². The first-order valence-electron chi connectivity index (χ1n) is 10.6. The second kappa shape index (κ2) is 10.4. The monoisotopic (exact) mass is 448 g/mol. The molecular formula is C25H24N2O6. The summed E-state index contributed by atoms with van der Waals surface area (Å²) in [6.45, 7) is 2.96. The maximum Gasteiger partial charge on any atom is 0.283 e. The van der Waals surface area contributed by atoms with E-state index in [2.05, 4.69) is 10.9 Å². The average Bonchev–Trinajstić information content (AvgIpc) is 2.87. The Morgan fingerprint density at radius 1 is 0.879 bits per heavy atom. The maximum atomic E-state index is 12.4. The maximum absolute atomic E-state index is 12.4. The zero-order valence-corrected chi connectivity index (χ0v) is 18.1. The van der Waals surface area contributed by atoms with Crippen LogP contribution in [0, 0.1) is 0 Å². The summed E-state index contributed by atoms with van der Waals surface area (Å²) in [6.07, 6.45) is -0.859. The van der Waals surface area contributed by atoms with Crippen molar-refractivity contribution < 1.29 is 28.5 Å². The number of hydrogen-bond donors (Lipinski definition) is 2. The molecule has 1 aliphatic heterocycles. The Balaban J connectivity index is 1.24. The smallest absolute Gasteiger partial charge is 0.283 e. The lowest BCUT2D eigenvalue weighted by Crippen LogP contribution is -2.50. The molecule has 0 aliphatic carbocycles. The number of fused-ring (bicyclic) bond motifs is 1. The first-order chi connectivity index (χ1) is 16.1. The van der Waals surface area contributed by atoms with Crippen molar-refractivity contribution in [3.8, 4) is 23.0 Å². The first-order valence-corrected chi connectivity index (χ1v) is 10.6. The summed E-state index contributed by atoms with van der Waals surface area (Å²) in [6, 6.07) is 21.4. The fourth-order valence-corrected chi connectivity index (χ4v) is 3.14. The lowest BCUT2D eigenvalue weighted by Gasteiger charge is -2.25. The number of para-hydroxylation sites is 2. The highest BCUT2D eigenvalue weighted by molar-refractivity contribution is 5.95. The molecule has 1 aliphatic rings. The van der Waals surface area contributed by atoms with Gasteiger partial charge in [0.15, 0.2) is 11.5 Å². The van der Waals surface area contributed by atoms with Gasteiger partial charge in [0, 0.05) is 5.56 Å².